The third kappa shape index (κ3) is 3.27. The van der Waals surface area contributed by atoms with Gasteiger partial charge in [0.05, 0.1) is 6.42 Å². The first kappa shape index (κ1) is 15.7. The fourth-order valence-electron chi connectivity index (χ4n) is 2.53. The number of para-hydroxylation sites is 1. The smallest absolute Gasteiger partial charge is 0.311 e. The first-order chi connectivity index (χ1) is 11.5. The van der Waals surface area contributed by atoms with Crippen molar-refractivity contribution in [3.8, 4) is 0 Å². The zero-order chi connectivity index (χ0) is 17.1. The van der Waals surface area contributed by atoms with Crippen LogP contribution < -0.4 is 5.73 Å². The molecule has 0 unspecified atom stereocenters. The van der Waals surface area contributed by atoms with Crippen molar-refractivity contribution >= 4 is 22.8 Å². The Balaban J connectivity index is 1.76. The predicted molar refractivity (Wildman–Crippen MR) is 86.4 cm³/mol. The highest BCUT2D eigenvalue weighted by Gasteiger charge is 2.23. The Kier molecular flexibility index (Phi) is 4.29. The summed E-state index contributed by atoms with van der Waals surface area (Å²) in [5.74, 6) is -1.85. The van der Waals surface area contributed by atoms with Crippen LogP contribution in [0.4, 0.5) is 4.39 Å². The molecule has 5 nitrogen and oxygen atoms in total. The van der Waals surface area contributed by atoms with Crippen LogP contribution >= 0.6 is 0 Å². The number of carbonyl (C=O) groups excluding carboxylic acids is 2. The number of esters is 1. The van der Waals surface area contributed by atoms with Crippen molar-refractivity contribution in [3.63, 3.8) is 0 Å². The number of benzene rings is 2. The number of H-pyrrole nitrogens is 1. The summed E-state index contributed by atoms with van der Waals surface area (Å²) in [5.41, 5.74) is 7.30. The number of ether oxygens (including phenoxy) is 1. The van der Waals surface area contributed by atoms with Gasteiger partial charge in [0.1, 0.15) is 5.82 Å². The molecule has 0 radical (unpaired) electrons. The maximum absolute atomic E-state index is 13.0. The summed E-state index contributed by atoms with van der Waals surface area (Å²) < 4.78 is 18.2. The number of hydrogen-bond donors (Lipinski definition) is 2. The Hall–Kier alpha value is -3.15. The Morgan fingerprint density at radius 2 is 1.83 bits per heavy atom. The van der Waals surface area contributed by atoms with Crippen molar-refractivity contribution in [2.75, 3.05) is 0 Å². The van der Waals surface area contributed by atoms with E-state index in [-0.39, 0.29) is 6.42 Å². The minimum absolute atomic E-state index is 0.00497. The monoisotopic (exact) mass is 326 g/mol. The topological polar surface area (TPSA) is 85.2 Å². The molecule has 0 aliphatic rings. The molecule has 0 aliphatic heterocycles. The molecule has 3 aromatic rings. The van der Waals surface area contributed by atoms with Gasteiger partial charge in [-0.3, -0.25) is 9.59 Å². The Bertz CT molecular complexity index is 887. The lowest BCUT2D eigenvalue weighted by Gasteiger charge is -2.15. The normalized spacial score (nSPS) is 12.0. The summed E-state index contributed by atoms with van der Waals surface area (Å²) in [4.78, 5) is 26.8. The van der Waals surface area contributed by atoms with Crippen LogP contribution in [0.25, 0.3) is 10.9 Å². The molecule has 0 fully saturated rings. The van der Waals surface area contributed by atoms with E-state index in [1.165, 1.54) is 24.3 Å². The van der Waals surface area contributed by atoms with E-state index in [0.717, 1.165) is 16.5 Å². The Morgan fingerprint density at radius 3 is 2.54 bits per heavy atom. The largest absolute Gasteiger partial charge is 0.447 e. The maximum atomic E-state index is 13.0. The highest BCUT2D eigenvalue weighted by Crippen LogP contribution is 2.21. The number of fused-ring (bicyclic) bond motifs is 1. The summed E-state index contributed by atoms with van der Waals surface area (Å²) in [6.07, 6.45) is 0.473. The minimum Gasteiger partial charge on any atom is -0.447 e. The van der Waals surface area contributed by atoms with E-state index >= 15 is 0 Å². The van der Waals surface area contributed by atoms with E-state index < -0.39 is 23.8 Å². The zero-order valence-corrected chi connectivity index (χ0v) is 12.7. The molecule has 0 saturated heterocycles. The number of nitrogens with one attached hydrogen (secondary N) is 1. The third-order valence-corrected chi connectivity index (χ3v) is 3.69. The summed E-state index contributed by atoms with van der Waals surface area (Å²) in [7, 11) is 0. The minimum atomic E-state index is -1.25. The molecule has 3 rings (SSSR count). The second-order valence-electron chi connectivity index (χ2n) is 5.36. The second-order valence-corrected chi connectivity index (χ2v) is 5.36. The van der Waals surface area contributed by atoms with E-state index in [1.54, 1.807) is 6.20 Å². The van der Waals surface area contributed by atoms with Crippen LogP contribution in [-0.2, 0) is 20.7 Å². The molecule has 3 N–H and O–H groups in total. The van der Waals surface area contributed by atoms with Crippen LogP contribution in [0.5, 0.6) is 0 Å². The van der Waals surface area contributed by atoms with Crippen LogP contribution in [0, 0.1) is 5.82 Å². The molecule has 6 heteroatoms. The first-order valence-electron chi connectivity index (χ1n) is 7.34. The van der Waals surface area contributed by atoms with Crippen molar-refractivity contribution in [3.05, 3.63) is 71.7 Å². The number of aromatic nitrogens is 1. The van der Waals surface area contributed by atoms with Gasteiger partial charge in [0.15, 0.2) is 0 Å². The van der Waals surface area contributed by atoms with E-state index in [4.69, 9.17) is 10.5 Å². The van der Waals surface area contributed by atoms with Crippen molar-refractivity contribution in [1.29, 1.82) is 0 Å². The van der Waals surface area contributed by atoms with E-state index in [2.05, 4.69) is 4.98 Å². The van der Waals surface area contributed by atoms with Crippen LogP contribution in [-0.4, -0.2) is 16.9 Å². The highest BCUT2D eigenvalue weighted by atomic mass is 19.1. The molecule has 1 heterocycles. The number of rotatable bonds is 5. The van der Waals surface area contributed by atoms with Gasteiger partial charge in [-0.15, -0.1) is 0 Å². The van der Waals surface area contributed by atoms with Crippen molar-refractivity contribution in [2.24, 2.45) is 5.73 Å². The van der Waals surface area contributed by atoms with Gasteiger partial charge in [0, 0.05) is 22.7 Å². The molecule has 1 atom stereocenters. The Labute approximate surface area is 137 Å². The number of hydrogen-bond acceptors (Lipinski definition) is 3. The third-order valence-electron chi connectivity index (χ3n) is 3.69. The summed E-state index contributed by atoms with van der Waals surface area (Å²) in [6.45, 7) is 0. The average molecular weight is 326 g/mol. The second kappa shape index (κ2) is 6.54. The van der Waals surface area contributed by atoms with Gasteiger partial charge in [-0.05, 0) is 23.8 Å². The number of nitrogens with two attached hydrogens (primary N) is 1. The van der Waals surface area contributed by atoms with Crippen LogP contribution in [0.2, 0.25) is 0 Å². The number of halogens is 1. The van der Waals surface area contributed by atoms with E-state index in [0.29, 0.717) is 5.56 Å². The molecule has 0 bridgehead atoms. The summed E-state index contributed by atoms with van der Waals surface area (Å²) >= 11 is 0. The number of primary amides is 1. The lowest BCUT2D eigenvalue weighted by atomic mass is 10.1. The lowest BCUT2D eigenvalue weighted by molar-refractivity contribution is -0.154. The van der Waals surface area contributed by atoms with Gasteiger partial charge in [-0.1, -0.05) is 30.3 Å². The quantitative estimate of drug-likeness (QED) is 0.707. The fourth-order valence-corrected chi connectivity index (χ4v) is 2.53. The fraction of sp³-hybridized carbons (Fsp3) is 0.111. The van der Waals surface area contributed by atoms with Crippen LogP contribution in [0.15, 0.2) is 54.7 Å². The molecule has 1 amide bonds. The van der Waals surface area contributed by atoms with Gasteiger partial charge in [0.25, 0.3) is 5.91 Å². The van der Waals surface area contributed by atoms with E-state index in [1.807, 2.05) is 24.3 Å². The molecule has 0 saturated carbocycles. The molecule has 24 heavy (non-hydrogen) atoms. The predicted octanol–water partition coefficient (Wildman–Crippen LogP) is 2.62. The van der Waals surface area contributed by atoms with Gasteiger partial charge >= 0.3 is 5.97 Å². The van der Waals surface area contributed by atoms with Crippen LogP contribution in [0.1, 0.15) is 17.2 Å². The molecule has 2 aromatic carbocycles. The molecule has 1 aromatic heterocycles. The van der Waals surface area contributed by atoms with Gasteiger partial charge < -0.3 is 15.5 Å². The SMILES string of the molecule is NC(=O)[C@H](OC(=O)Cc1c[nH]c2ccccc12)c1ccc(F)cc1. The van der Waals surface area contributed by atoms with Crippen molar-refractivity contribution in [1.82, 2.24) is 4.98 Å². The number of aromatic amines is 1. The van der Waals surface area contributed by atoms with E-state index in [9.17, 15) is 14.0 Å². The zero-order valence-electron chi connectivity index (χ0n) is 12.7. The summed E-state index contributed by atoms with van der Waals surface area (Å²) in [6, 6.07) is 12.6. The van der Waals surface area contributed by atoms with Gasteiger partial charge in [0.2, 0.25) is 6.10 Å². The maximum Gasteiger partial charge on any atom is 0.311 e. The lowest BCUT2D eigenvalue weighted by Crippen LogP contribution is -2.26. The number of amides is 1. The molecular formula is C18H15FN2O3. The van der Waals surface area contributed by atoms with Gasteiger partial charge in [-0.2, -0.15) is 0 Å². The van der Waals surface area contributed by atoms with Gasteiger partial charge in [-0.25, -0.2) is 4.39 Å². The number of carbonyl (C=O) groups is 2. The van der Waals surface area contributed by atoms with Crippen LogP contribution in [0.3, 0.4) is 0 Å². The standard InChI is InChI=1S/C18H15FN2O3/c19-13-7-5-11(6-8-13)17(18(20)23)24-16(22)9-12-10-21-15-4-2-1-3-14(12)15/h1-8,10,17,21H,9H2,(H2,20,23)/t17-/m1/s1. The molecule has 122 valence electrons. The summed E-state index contributed by atoms with van der Waals surface area (Å²) in [5, 5.41) is 0.909. The van der Waals surface area contributed by atoms with Crippen molar-refractivity contribution < 1.29 is 18.7 Å². The molecule has 0 aliphatic carbocycles. The highest BCUT2D eigenvalue weighted by molar-refractivity contribution is 5.88. The average Bonchev–Trinajstić information content (AvgIpc) is 2.96. The molecular weight excluding hydrogens is 311 g/mol. The molecule has 0 spiro atoms. The Morgan fingerprint density at radius 1 is 1.12 bits per heavy atom. The first-order valence-corrected chi connectivity index (χ1v) is 7.34. The van der Waals surface area contributed by atoms with Crippen molar-refractivity contribution in [2.45, 2.75) is 12.5 Å².